The van der Waals surface area contributed by atoms with Gasteiger partial charge in [0.2, 0.25) is 0 Å². The van der Waals surface area contributed by atoms with Gasteiger partial charge in [0.25, 0.3) is 0 Å². The molecule has 2 N–H and O–H groups in total. The first kappa shape index (κ1) is 19.1. The molecule has 0 radical (unpaired) electrons. The molecule has 1 aliphatic heterocycles. The van der Waals surface area contributed by atoms with E-state index in [1.54, 1.807) is 11.8 Å². The lowest BCUT2D eigenvalue weighted by atomic mass is 10.1. The van der Waals surface area contributed by atoms with Crippen LogP contribution in [0.5, 0.6) is 0 Å². The number of nitrogens with zero attached hydrogens (tertiary/aromatic N) is 2. The number of thioether (sulfide) groups is 1. The third kappa shape index (κ3) is 6.36. The molecule has 1 heterocycles. The van der Waals surface area contributed by atoms with Crippen molar-refractivity contribution in [2.24, 2.45) is 4.99 Å². The lowest BCUT2D eigenvalue weighted by molar-refractivity contribution is 0.330. The van der Waals surface area contributed by atoms with E-state index in [2.05, 4.69) is 51.9 Å². The maximum Gasteiger partial charge on any atom is 0.191 e. The van der Waals surface area contributed by atoms with Gasteiger partial charge in [0.05, 0.1) is 0 Å². The molecule has 2 rings (SSSR count). The summed E-state index contributed by atoms with van der Waals surface area (Å²) in [7, 11) is 1.84. The highest BCUT2D eigenvalue weighted by molar-refractivity contribution is 7.98. The number of hydrogen-bond donors (Lipinski definition) is 2. The molecule has 0 atom stereocenters. The largest absolute Gasteiger partial charge is 0.356 e. The highest BCUT2D eigenvalue weighted by Gasteiger charge is 2.10. The van der Waals surface area contributed by atoms with Crippen LogP contribution in [0.15, 0.2) is 28.1 Å². The van der Waals surface area contributed by atoms with Crippen molar-refractivity contribution in [2.45, 2.75) is 44.0 Å². The SMILES string of the molecule is CN=C(NCCCCN1CCCC1)NCc1ccc(C)cc1SC. The fourth-order valence-corrected chi connectivity index (χ4v) is 3.78. The minimum absolute atomic E-state index is 0.809. The zero-order valence-electron chi connectivity index (χ0n) is 15.4. The van der Waals surface area contributed by atoms with Crippen molar-refractivity contribution < 1.29 is 0 Å². The van der Waals surface area contributed by atoms with E-state index in [1.165, 1.54) is 61.3 Å². The highest BCUT2D eigenvalue weighted by atomic mass is 32.2. The van der Waals surface area contributed by atoms with Gasteiger partial charge in [0.15, 0.2) is 5.96 Å². The van der Waals surface area contributed by atoms with Crippen LogP contribution >= 0.6 is 11.8 Å². The van der Waals surface area contributed by atoms with Crippen molar-refractivity contribution >= 4 is 17.7 Å². The summed E-state index contributed by atoms with van der Waals surface area (Å²) in [4.78, 5) is 8.24. The predicted molar refractivity (Wildman–Crippen MR) is 106 cm³/mol. The Bertz CT molecular complexity index is 524. The summed E-state index contributed by atoms with van der Waals surface area (Å²) < 4.78 is 0. The number of unbranched alkanes of at least 4 members (excludes halogenated alkanes) is 1. The fraction of sp³-hybridized carbons (Fsp3) is 0.632. The van der Waals surface area contributed by atoms with Gasteiger partial charge < -0.3 is 15.5 Å². The first-order valence-corrected chi connectivity index (χ1v) is 10.3. The molecule has 0 amide bonds. The normalized spacial score (nSPS) is 15.7. The van der Waals surface area contributed by atoms with Crippen molar-refractivity contribution in [3.05, 3.63) is 29.3 Å². The average molecular weight is 349 g/mol. The van der Waals surface area contributed by atoms with Crippen LogP contribution in [0.3, 0.4) is 0 Å². The summed E-state index contributed by atoms with van der Waals surface area (Å²) in [6, 6.07) is 6.62. The van der Waals surface area contributed by atoms with Gasteiger partial charge >= 0.3 is 0 Å². The molecule has 4 nitrogen and oxygen atoms in total. The number of nitrogens with one attached hydrogen (secondary N) is 2. The Kier molecular flexibility index (Phi) is 8.47. The Morgan fingerprint density at radius 2 is 2.00 bits per heavy atom. The van der Waals surface area contributed by atoms with E-state index in [0.717, 1.165) is 19.0 Å². The molecule has 0 unspecified atom stereocenters. The molecule has 0 bridgehead atoms. The number of likely N-dealkylation sites (tertiary alicyclic amines) is 1. The molecule has 24 heavy (non-hydrogen) atoms. The summed E-state index contributed by atoms with van der Waals surface area (Å²) in [5.74, 6) is 0.892. The summed E-state index contributed by atoms with van der Waals surface area (Å²) in [5, 5.41) is 6.85. The Morgan fingerprint density at radius 1 is 1.21 bits per heavy atom. The first-order chi connectivity index (χ1) is 11.7. The molecule has 1 saturated heterocycles. The summed E-state index contributed by atoms with van der Waals surface area (Å²) in [6.45, 7) is 7.77. The van der Waals surface area contributed by atoms with Gasteiger partial charge in [-0.3, -0.25) is 4.99 Å². The van der Waals surface area contributed by atoms with E-state index < -0.39 is 0 Å². The third-order valence-corrected chi connectivity index (χ3v) is 5.32. The van der Waals surface area contributed by atoms with Gasteiger partial charge in [-0.15, -0.1) is 11.8 Å². The Labute approximate surface area is 151 Å². The van der Waals surface area contributed by atoms with Gasteiger partial charge in [-0.25, -0.2) is 0 Å². The van der Waals surface area contributed by atoms with Crippen LogP contribution in [0.25, 0.3) is 0 Å². The number of rotatable bonds is 8. The molecular formula is C19H32N4S. The molecule has 0 spiro atoms. The number of guanidine groups is 1. The smallest absolute Gasteiger partial charge is 0.191 e. The number of hydrogen-bond acceptors (Lipinski definition) is 3. The Morgan fingerprint density at radius 3 is 2.71 bits per heavy atom. The van der Waals surface area contributed by atoms with Crippen LogP contribution in [0.4, 0.5) is 0 Å². The van der Waals surface area contributed by atoms with Gasteiger partial charge in [-0.1, -0.05) is 12.1 Å². The van der Waals surface area contributed by atoms with Gasteiger partial charge in [0, 0.05) is 25.0 Å². The lowest BCUT2D eigenvalue weighted by Gasteiger charge is -2.16. The van der Waals surface area contributed by atoms with E-state index >= 15 is 0 Å². The predicted octanol–water partition coefficient (Wildman–Crippen LogP) is 3.26. The Balaban J connectivity index is 1.66. The van der Waals surface area contributed by atoms with Crippen LogP contribution in [0.1, 0.15) is 36.8 Å². The topological polar surface area (TPSA) is 39.7 Å². The monoisotopic (exact) mass is 348 g/mol. The number of aryl methyl sites for hydroxylation is 1. The van der Waals surface area contributed by atoms with E-state index in [4.69, 9.17) is 0 Å². The zero-order chi connectivity index (χ0) is 17.2. The fourth-order valence-electron chi connectivity index (χ4n) is 3.07. The second-order valence-corrected chi connectivity index (χ2v) is 7.27. The minimum atomic E-state index is 0.809. The average Bonchev–Trinajstić information content (AvgIpc) is 3.11. The first-order valence-electron chi connectivity index (χ1n) is 9.03. The van der Waals surface area contributed by atoms with E-state index in [9.17, 15) is 0 Å². The summed E-state index contributed by atoms with van der Waals surface area (Å²) >= 11 is 1.80. The standard InChI is InChI=1S/C19H32N4S/c1-16-8-9-17(18(14-16)24-3)15-22-19(20-2)21-10-4-5-11-23-12-6-7-13-23/h8-9,14H,4-7,10-13,15H2,1-3H3,(H2,20,21,22). The van der Waals surface area contributed by atoms with E-state index in [-0.39, 0.29) is 0 Å². The second kappa shape index (κ2) is 10.6. The van der Waals surface area contributed by atoms with Crippen LogP contribution < -0.4 is 10.6 Å². The lowest BCUT2D eigenvalue weighted by Crippen LogP contribution is -2.37. The maximum absolute atomic E-state index is 4.33. The van der Waals surface area contributed by atoms with Crippen LogP contribution in [-0.4, -0.2) is 50.3 Å². The number of aliphatic imine (C=N–C) groups is 1. The molecule has 0 aliphatic carbocycles. The van der Waals surface area contributed by atoms with E-state index in [1.807, 2.05) is 7.05 Å². The minimum Gasteiger partial charge on any atom is -0.356 e. The van der Waals surface area contributed by atoms with Crippen molar-refractivity contribution in [3.8, 4) is 0 Å². The quantitative estimate of drug-likeness (QED) is 0.327. The molecule has 1 aromatic carbocycles. The van der Waals surface area contributed by atoms with Gasteiger partial charge in [-0.2, -0.15) is 0 Å². The van der Waals surface area contributed by atoms with Crippen molar-refractivity contribution in [3.63, 3.8) is 0 Å². The molecule has 0 saturated carbocycles. The maximum atomic E-state index is 4.33. The van der Waals surface area contributed by atoms with Crippen LogP contribution in [-0.2, 0) is 6.54 Å². The van der Waals surface area contributed by atoms with Crippen molar-refractivity contribution in [2.75, 3.05) is 39.5 Å². The molecule has 134 valence electrons. The second-order valence-electron chi connectivity index (χ2n) is 6.42. The third-order valence-electron chi connectivity index (χ3n) is 4.50. The molecule has 1 aromatic rings. The zero-order valence-corrected chi connectivity index (χ0v) is 16.2. The number of benzene rings is 1. The Hall–Kier alpha value is -1.20. The molecule has 0 aromatic heterocycles. The summed E-state index contributed by atoms with van der Waals surface area (Å²) in [6.07, 6.45) is 7.35. The molecule has 5 heteroatoms. The van der Waals surface area contributed by atoms with Crippen LogP contribution in [0.2, 0.25) is 0 Å². The molecule has 1 aliphatic rings. The van der Waals surface area contributed by atoms with E-state index in [0.29, 0.717) is 0 Å². The van der Waals surface area contributed by atoms with Gasteiger partial charge in [-0.05, 0) is 75.7 Å². The molecule has 1 fully saturated rings. The van der Waals surface area contributed by atoms with Crippen molar-refractivity contribution in [1.29, 1.82) is 0 Å². The van der Waals surface area contributed by atoms with Crippen molar-refractivity contribution in [1.82, 2.24) is 15.5 Å². The summed E-state index contributed by atoms with van der Waals surface area (Å²) in [5.41, 5.74) is 2.63. The highest BCUT2D eigenvalue weighted by Crippen LogP contribution is 2.21. The van der Waals surface area contributed by atoms with Gasteiger partial charge in [0.1, 0.15) is 0 Å². The van der Waals surface area contributed by atoms with Crippen LogP contribution in [0, 0.1) is 6.92 Å². The molecular weight excluding hydrogens is 316 g/mol.